The maximum absolute atomic E-state index is 12.3. The van der Waals surface area contributed by atoms with Crippen molar-refractivity contribution in [2.75, 3.05) is 18.9 Å². The summed E-state index contributed by atoms with van der Waals surface area (Å²) in [6, 6.07) is 20.1. The first-order valence-electron chi connectivity index (χ1n) is 10.4. The smallest absolute Gasteiger partial charge is 0.407 e. The van der Waals surface area contributed by atoms with Crippen molar-refractivity contribution in [3.8, 4) is 11.1 Å². The molecule has 8 nitrogen and oxygen atoms in total. The van der Waals surface area contributed by atoms with Gasteiger partial charge in [-0.3, -0.25) is 0 Å². The molecular formula is C25H24N2O6. The first kappa shape index (κ1) is 22.3. The Kier molecular flexibility index (Phi) is 6.30. The van der Waals surface area contributed by atoms with E-state index in [2.05, 4.69) is 5.32 Å². The van der Waals surface area contributed by atoms with Crippen molar-refractivity contribution in [3.63, 3.8) is 0 Å². The largest absolute Gasteiger partial charge is 0.478 e. The number of hydrogen-bond acceptors (Lipinski definition) is 6. The lowest BCUT2D eigenvalue weighted by Gasteiger charge is -2.21. The highest BCUT2D eigenvalue weighted by molar-refractivity contribution is 5.95. The third-order valence-corrected chi connectivity index (χ3v) is 5.83. The molecule has 0 aliphatic heterocycles. The maximum atomic E-state index is 12.3. The number of hydrogen-bond donors (Lipinski definition) is 5. The van der Waals surface area contributed by atoms with Crippen molar-refractivity contribution in [1.29, 1.82) is 0 Å². The number of nitrogen functional groups attached to an aromatic ring is 1. The first-order chi connectivity index (χ1) is 15.9. The summed E-state index contributed by atoms with van der Waals surface area (Å²) in [5.74, 6) is -1.43. The zero-order valence-electron chi connectivity index (χ0n) is 17.6. The van der Waals surface area contributed by atoms with Gasteiger partial charge in [-0.2, -0.15) is 0 Å². The average molecular weight is 448 g/mol. The molecule has 0 heterocycles. The van der Waals surface area contributed by atoms with E-state index >= 15 is 0 Å². The van der Waals surface area contributed by atoms with Gasteiger partial charge >= 0.3 is 12.1 Å². The summed E-state index contributed by atoms with van der Waals surface area (Å²) >= 11 is 0. The molecule has 170 valence electrons. The van der Waals surface area contributed by atoms with Gasteiger partial charge in [0.2, 0.25) is 0 Å². The number of alkyl carbamates (subject to hydrolysis) is 1. The normalized spacial score (nSPS) is 14.1. The van der Waals surface area contributed by atoms with Crippen LogP contribution < -0.4 is 11.1 Å². The van der Waals surface area contributed by atoms with Gasteiger partial charge in [0.05, 0.1) is 5.56 Å². The van der Waals surface area contributed by atoms with E-state index in [1.807, 2.05) is 48.5 Å². The lowest BCUT2D eigenvalue weighted by atomic mass is 9.97. The van der Waals surface area contributed by atoms with Gasteiger partial charge in [-0.25, -0.2) is 9.59 Å². The number of ether oxygens (including phenoxy) is 1. The Morgan fingerprint density at radius 1 is 0.939 bits per heavy atom. The number of carbonyl (C=O) groups excluding carboxylic acids is 1. The van der Waals surface area contributed by atoms with Gasteiger partial charge in [-0.1, -0.05) is 60.7 Å². The molecule has 1 amide bonds. The Balaban J connectivity index is 1.37. The Morgan fingerprint density at radius 3 is 2.15 bits per heavy atom. The number of anilines is 1. The number of aliphatic hydroxyl groups excluding tert-OH is 2. The van der Waals surface area contributed by atoms with Crippen LogP contribution in [0.5, 0.6) is 0 Å². The van der Waals surface area contributed by atoms with Crippen LogP contribution >= 0.6 is 0 Å². The van der Waals surface area contributed by atoms with E-state index in [0.717, 1.165) is 22.3 Å². The molecule has 0 aromatic heterocycles. The average Bonchev–Trinajstić information content (AvgIpc) is 3.14. The van der Waals surface area contributed by atoms with Crippen LogP contribution in [0.2, 0.25) is 0 Å². The number of amides is 1. The van der Waals surface area contributed by atoms with Gasteiger partial charge in [-0.05, 0) is 33.9 Å². The highest BCUT2D eigenvalue weighted by Crippen LogP contribution is 2.44. The molecule has 0 bridgehead atoms. The predicted molar refractivity (Wildman–Crippen MR) is 122 cm³/mol. The summed E-state index contributed by atoms with van der Waals surface area (Å²) in [6.45, 7) is -0.234. The zero-order chi connectivity index (χ0) is 23.5. The summed E-state index contributed by atoms with van der Waals surface area (Å²) in [5, 5.41) is 32.5. The van der Waals surface area contributed by atoms with E-state index in [9.17, 15) is 24.9 Å². The Bertz CT molecular complexity index is 1150. The minimum atomic E-state index is -1.56. The van der Waals surface area contributed by atoms with Crippen LogP contribution in [0.15, 0.2) is 66.7 Å². The van der Waals surface area contributed by atoms with Gasteiger partial charge in [-0.15, -0.1) is 0 Å². The molecule has 2 unspecified atom stereocenters. The Labute approximate surface area is 190 Å². The molecule has 8 heteroatoms. The van der Waals surface area contributed by atoms with Gasteiger partial charge < -0.3 is 31.1 Å². The fraction of sp³-hybridized carbons (Fsp3) is 0.200. The van der Waals surface area contributed by atoms with E-state index in [0.29, 0.717) is 0 Å². The Morgan fingerprint density at radius 2 is 1.55 bits per heavy atom. The molecule has 6 N–H and O–H groups in total. The molecule has 2 atom stereocenters. The van der Waals surface area contributed by atoms with Gasteiger partial charge in [0.15, 0.2) is 0 Å². The van der Waals surface area contributed by atoms with Crippen molar-refractivity contribution >= 4 is 17.7 Å². The van der Waals surface area contributed by atoms with Crippen LogP contribution in [0.4, 0.5) is 10.5 Å². The molecule has 0 spiro atoms. The highest BCUT2D eigenvalue weighted by atomic mass is 16.5. The number of benzene rings is 3. The van der Waals surface area contributed by atoms with E-state index in [1.54, 1.807) is 0 Å². The number of nitrogens with two attached hydrogens (primary N) is 1. The molecule has 0 saturated heterocycles. The number of carboxylic acid groups (broad SMARTS) is 1. The van der Waals surface area contributed by atoms with Crippen molar-refractivity contribution in [1.82, 2.24) is 5.32 Å². The van der Waals surface area contributed by atoms with Gasteiger partial charge in [0, 0.05) is 18.2 Å². The molecule has 33 heavy (non-hydrogen) atoms. The van der Waals surface area contributed by atoms with E-state index in [1.165, 1.54) is 18.2 Å². The highest BCUT2D eigenvalue weighted by Gasteiger charge is 2.29. The summed E-state index contributed by atoms with van der Waals surface area (Å²) in [4.78, 5) is 23.7. The topological polar surface area (TPSA) is 142 Å². The molecule has 0 fully saturated rings. The van der Waals surface area contributed by atoms with Crippen molar-refractivity contribution in [3.05, 3.63) is 89.0 Å². The molecule has 1 aliphatic carbocycles. The second-order valence-corrected chi connectivity index (χ2v) is 7.84. The fourth-order valence-corrected chi connectivity index (χ4v) is 4.24. The zero-order valence-corrected chi connectivity index (χ0v) is 17.6. The number of carboxylic acids is 1. The number of aromatic carboxylic acids is 1. The standard InChI is InChI=1S/C25H24N2O6/c26-20-11-5-10-18(22(20)24(30)31)23(29)21(28)12-27-25(32)33-13-19-16-8-3-1-6-14(16)15-7-2-4-9-17(15)19/h1-11,19,21,23,28-29H,12-13,26H2,(H,27,32)(H,30,31). The van der Waals surface area contributed by atoms with E-state index in [4.69, 9.17) is 10.5 Å². The molecule has 4 rings (SSSR count). The van der Waals surface area contributed by atoms with Gasteiger partial charge in [0.1, 0.15) is 18.8 Å². The van der Waals surface area contributed by atoms with Crippen molar-refractivity contribution in [2.45, 2.75) is 18.1 Å². The molecule has 3 aromatic carbocycles. The summed E-state index contributed by atoms with van der Waals surface area (Å²) in [6.07, 6.45) is -3.78. The fourth-order valence-electron chi connectivity index (χ4n) is 4.24. The summed E-state index contributed by atoms with van der Waals surface area (Å²) in [7, 11) is 0. The SMILES string of the molecule is Nc1cccc(C(O)C(O)CNC(=O)OCC2c3ccccc3-c3ccccc32)c1C(=O)O. The van der Waals surface area contributed by atoms with Crippen LogP contribution in [0.25, 0.3) is 11.1 Å². The number of carbonyl (C=O) groups is 2. The molecule has 3 aromatic rings. The molecular weight excluding hydrogens is 424 g/mol. The number of rotatable bonds is 7. The first-order valence-corrected chi connectivity index (χ1v) is 10.4. The van der Waals surface area contributed by atoms with Crippen molar-refractivity contribution < 1.29 is 29.6 Å². The molecule has 0 saturated carbocycles. The van der Waals surface area contributed by atoms with Crippen LogP contribution in [0.1, 0.15) is 39.1 Å². The Hall–Kier alpha value is -3.88. The van der Waals surface area contributed by atoms with Crippen LogP contribution in [-0.2, 0) is 4.74 Å². The number of aliphatic hydroxyl groups is 2. The predicted octanol–water partition coefficient (Wildman–Crippen LogP) is 2.90. The number of fused-ring (bicyclic) bond motifs is 3. The monoisotopic (exact) mass is 448 g/mol. The molecule has 0 radical (unpaired) electrons. The third kappa shape index (κ3) is 4.39. The van der Waals surface area contributed by atoms with Crippen LogP contribution in [0.3, 0.4) is 0 Å². The van der Waals surface area contributed by atoms with E-state index in [-0.39, 0.29) is 35.9 Å². The quantitative estimate of drug-likeness (QED) is 0.350. The van der Waals surface area contributed by atoms with Crippen LogP contribution in [-0.4, -0.2) is 46.6 Å². The second kappa shape index (κ2) is 9.32. The second-order valence-electron chi connectivity index (χ2n) is 7.84. The third-order valence-electron chi connectivity index (χ3n) is 5.83. The molecule has 1 aliphatic rings. The lowest BCUT2D eigenvalue weighted by Crippen LogP contribution is -2.36. The van der Waals surface area contributed by atoms with Crippen LogP contribution in [0, 0.1) is 0 Å². The van der Waals surface area contributed by atoms with Gasteiger partial charge in [0.25, 0.3) is 0 Å². The minimum absolute atomic E-state index is 0.0317. The summed E-state index contributed by atoms with van der Waals surface area (Å²) in [5.41, 5.74) is 9.69. The van der Waals surface area contributed by atoms with Crippen molar-refractivity contribution in [2.24, 2.45) is 0 Å². The number of nitrogens with one attached hydrogen (secondary N) is 1. The summed E-state index contributed by atoms with van der Waals surface area (Å²) < 4.78 is 5.40. The maximum Gasteiger partial charge on any atom is 0.407 e. The lowest BCUT2D eigenvalue weighted by molar-refractivity contribution is 0.0176. The van der Waals surface area contributed by atoms with E-state index < -0.39 is 24.3 Å². The minimum Gasteiger partial charge on any atom is -0.478 e.